The number of hydrogen-bond acceptors (Lipinski definition) is 3. The second kappa shape index (κ2) is 6.11. The van der Waals surface area contributed by atoms with E-state index >= 15 is 0 Å². The zero-order valence-electron chi connectivity index (χ0n) is 16.3. The van der Waals surface area contributed by atoms with Crippen LogP contribution in [0.25, 0.3) is 0 Å². The molecule has 7 atom stereocenters. The lowest BCUT2D eigenvalue weighted by atomic mass is 9.48. The Morgan fingerprint density at radius 2 is 1.96 bits per heavy atom. The second-order valence-electron chi connectivity index (χ2n) is 9.72. The molecule has 0 amide bonds. The highest BCUT2D eigenvalue weighted by Gasteiger charge is 2.58. The summed E-state index contributed by atoms with van der Waals surface area (Å²) in [4.78, 5) is 11.4. The van der Waals surface area contributed by atoms with Gasteiger partial charge < -0.3 is 9.47 Å². The van der Waals surface area contributed by atoms with Gasteiger partial charge in [-0.05, 0) is 80.0 Å². The van der Waals surface area contributed by atoms with Crippen LogP contribution < -0.4 is 0 Å². The van der Waals surface area contributed by atoms with Crippen LogP contribution in [0.4, 0.5) is 0 Å². The van der Waals surface area contributed by atoms with Crippen molar-refractivity contribution >= 4 is 5.97 Å². The number of ether oxygens (including phenoxy) is 2. The van der Waals surface area contributed by atoms with Gasteiger partial charge in [-0.3, -0.25) is 4.79 Å². The van der Waals surface area contributed by atoms with E-state index in [9.17, 15) is 4.79 Å². The van der Waals surface area contributed by atoms with Gasteiger partial charge in [0.25, 0.3) is 0 Å². The van der Waals surface area contributed by atoms with Crippen LogP contribution in [0.3, 0.4) is 0 Å². The Labute approximate surface area is 152 Å². The lowest BCUT2D eigenvalue weighted by molar-refractivity contribution is -0.146. The number of methoxy groups -OCH3 is 1. The largest absolute Gasteiger partial charge is 0.463 e. The van der Waals surface area contributed by atoms with Gasteiger partial charge in [-0.15, -0.1) is 0 Å². The van der Waals surface area contributed by atoms with E-state index in [1.807, 2.05) is 7.11 Å². The van der Waals surface area contributed by atoms with Gasteiger partial charge in [0.05, 0.1) is 6.10 Å². The monoisotopic (exact) mass is 346 g/mol. The lowest BCUT2D eigenvalue weighted by Gasteiger charge is -2.57. The molecule has 3 nitrogen and oxygen atoms in total. The number of carbonyl (C=O) groups is 1. The van der Waals surface area contributed by atoms with Gasteiger partial charge in [-0.1, -0.05) is 25.5 Å². The Kier molecular flexibility index (Phi) is 4.30. The minimum atomic E-state index is -0.112. The molecule has 0 heterocycles. The number of hydrogen-bond donors (Lipinski definition) is 0. The lowest BCUT2D eigenvalue weighted by Crippen LogP contribution is -2.49. The maximum absolute atomic E-state index is 11.4. The zero-order valence-corrected chi connectivity index (χ0v) is 16.3. The quantitative estimate of drug-likeness (QED) is 0.527. The normalized spacial score (nSPS) is 48.8. The van der Waals surface area contributed by atoms with E-state index in [1.54, 1.807) is 12.5 Å². The fourth-order valence-corrected chi connectivity index (χ4v) is 7.15. The molecule has 0 aromatic rings. The molecule has 4 aliphatic carbocycles. The Morgan fingerprint density at radius 3 is 2.68 bits per heavy atom. The van der Waals surface area contributed by atoms with Crippen molar-refractivity contribution in [3.63, 3.8) is 0 Å². The number of carbonyl (C=O) groups excluding carboxylic acids is 1. The first kappa shape index (κ1) is 17.6. The molecule has 0 bridgehead atoms. The molecule has 0 radical (unpaired) electrons. The minimum absolute atomic E-state index is 0.112. The number of fused-ring (bicyclic) bond motifs is 5. The molecule has 0 N–H and O–H groups in total. The van der Waals surface area contributed by atoms with E-state index in [0.717, 1.165) is 31.1 Å². The Balaban J connectivity index is 1.58. The first-order chi connectivity index (χ1) is 11.9. The third-order valence-electron chi connectivity index (χ3n) is 8.45. The molecule has 4 aliphatic rings. The summed E-state index contributed by atoms with van der Waals surface area (Å²) in [5.74, 6) is 2.18. The van der Waals surface area contributed by atoms with Crippen molar-refractivity contribution in [3.05, 3.63) is 11.6 Å². The molecule has 4 rings (SSSR count). The first-order valence-corrected chi connectivity index (χ1v) is 10.3. The van der Waals surface area contributed by atoms with Crippen LogP contribution in [-0.2, 0) is 14.3 Å². The molecule has 25 heavy (non-hydrogen) atoms. The van der Waals surface area contributed by atoms with Crippen LogP contribution in [0.5, 0.6) is 0 Å². The fourth-order valence-electron chi connectivity index (χ4n) is 7.15. The van der Waals surface area contributed by atoms with Crippen LogP contribution in [0.15, 0.2) is 11.6 Å². The predicted octanol–water partition coefficient (Wildman–Crippen LogP) is 4.90. The van der Waals surface area contributed by atoms with Crippen molar-refractivity contribution < 1.29 is 14.3 Å². The van der Waals surface area contributed by atoms with Crippen molar-refractivity contribution in [1.82, 2.24) is 0 Å². The minimum Gasteiger partial charge on any atom is -0.463 e. The van der Waals surface area contributed by atoms with Crippen molar-refractivity contribution in [2.75, 3.05) is 7.11 Å². The van der Waals surface area contributed by atoms with E-state index < -0.39 is 0 Å². The molecule has 0 aliphatic heterocycles. The van der Waals surface area contributed by atoms with Gasteiger partial charge in [0.15, 0.2) is 0 Å². The van der Waals surface area contributed by atoms with Gasteiger partial charge in [0, 0.05) is 14.0 Å². The maximum Gasteiger partial charge on any atom is 0.302 e. The third kappa shape index (κ3) is 2.78. The summed E-state index contributed by atoms with van der Waals surface area (Å²) in [7, 11) is 1.86. The second-order valence-corrected chi connectivity index (χ2v) is 9.72. The smallest absolute Gasteiger partial charge is 0.302 e. The highest BCUT2D eigenvalue weighted by Crippen LogP contribution is 2.65. The predicted molar refractivity (Wildman–Crippen MR) is 98.1 cm³/mol. The molecule has 3 saturated carbocycles. The molecule has 3 fully saturated rings. The van der Waals surface area contributed by atoms with Gasteiger partial charge in [-0.25, -0.2) is 0 Å². The van der Waals surface area contributed by atoms with Gasteiger partial charge in [-0.2, -0.15) is 0 Å². The standard InChI is InChI=1S/C22H34O3/c1-14(23)25-17-12-20-18-6-5-15-11-16(24-4)7-10-22(15,3)19(18)8-9-21(20,2)13-17/h5,16-20H,6-13H2,1-4H3/t16?,17?,18-,19+,20+,21-,22+/m1/s1. The van der Waals surface area contributed by atoms with Crippen molar-refractivity contribution in [2.45, 2.75) is 84.3 Å². The van der Waals surface area contributed by atoms with Gasteiger partial charge >= 0.3 is 5.97 Å². The van der Waals surface area contributed by atoms with Crippen molar-refractivity contribution in [3.8, 4) is 0 Å². The summed E-state index contributed by atoms with van der Waals surface area (Å²) in [6.07, 6.45) is 12.8. The van der Waals surface area contributed by atoms with E-state index in [1.165, 1.54) is 32.1 Å². The first-order valence-electron chi connectivity index (χ1n) is 10.3. The van der Waals surface area contributed by atoms with Crippen LogP contribution in [0.2, 0.25) is 0 Å². The average molecular weight is 347 g/mol. The van der Waals surface area contributed by atoms with E-state index in [0.29, 0.717) is 22.9 Å². The molecular formula is C22H34O3. The number of rotatable bonds is 2. The molecule has 140 valence electrons. The van der Waals surface area contributed by atoms with Crippen LogP contribution >= 0.6 is 0 Å². The molecule has 2 unspecified atom stereocenters. The molecule has 0 aromatic heterocycles. The number of esters is 1. The molecule has 0 spiro atoms. The van der Waals surface area contributed by atoms with Gasteiger partial charge in [0.2, 0.25) is 0 Å². The van der Waals surface area contributed by atoms with Crippen LogP contribution in [0, 0.1) is 28.6 Å². The van der Waals surface area contributed by atoms with Gasteiger partial charge in [0.1, 0.15) is 6.10 Å². The third-order valence-corrected chi connectivity index (χ3v) is 8.45. The summed E-state index contributed by atoms with van der Waals surface area (Å²) in [5.41, 5.74) is 2.41. The highest BCUT2D eigenvalue weighted by atomic mass is 16.5. The van der Waals surface area contributed by atoms with Crippen molar-refractivity contribution in [2.24, 2.45) is 28.6 Å². The Hall–Kier alpha value is -0.830. The summed E-state index contributed by atoms with van der Waals surface area (Å²) in [6.45, 7) is 6.54. The number of allylic oxidation sites excluding steroid dienone is 1. The van der Waals surface area contributed by atoms with E-state index in [-0.39, 0.29) is 12.1 Å². The molecular weight excluding hydrogens is 312 g/mol. The topological polar surface area (TPSA) is 35.5 Å². The summed E-state index contributed by atoms with van der Waals surface area (Å²) in [6, 6.07) is 0. The maximum atomic E-state index is 11.4. The summed E-state index contributed by atoms with van der Waals surface area (Å²) >= 11 is 0. The highest BCUT2D eigenvalue weighted by molar-refractivity contribution is 5.66. The van der Waals surface area contributed by atoms with E-state index in [2.05, 4.69) is 19.9 Å². The molecule has 0 saturated heterocycles. The van der Waals surface area contributed by atoms with Crippen molar-refractivity contribution in [1.29, 1.82) is 0 Å². The molecule has 3 heteroatoms. The summed E-state index contributed by atoms with van der Waals surface area (Å²) < 4.78 is 11.3. The SMILES string of the molecule is COC1CC[C@@]2(C)C(=CC[C@H]3[C@@H]4CC(OC(C)=O)C[C@@]4(C)CC[C@@H]32)C1. The zero-order chi connectivity index (χ0) is 17.8. The van der Waals surface area contributed by atoms with Crippen LogP contribution in [0.1, 0.15) is 72.1 Å². The Morgan fingerprint density at radius 1 is 1.16 bits per heavy atom. The average Bonchev–Trinajstić information content (AvgIpc) is 2.89. The summed E-state index contributed by atoms with van der Waals surface area (Å²) in [5, 5.41) is 0. The van der Waals surface area contributed by atoms with E-state index in [4.69, 9.17) is 9.47 Å². The molecule has 0 aromatic carbocycles. The Bertz CT molecular complexity index is 582. The fraction of sp³-hybridized carbons (Fsp3) is 0.864. The van der Waals surface area contributed by atoms with Crippen LogP contribution in [-0.4, -0.2) is 25.3 Å².